The average molecular weight is 426 g/mol. The van der Waals surface area contributed by atoms with Crippen molar-refractivity contribution < 1.29 is 9.53 Å². The van der Waals surface area contributed by atoms with E-state index in [1.54, 1.807) is 6.08 Å². The van der Waals surface area contributed by atoms with Crippen molar-refractivity contribution in [3.8, 4) is 5.75 Å². The summed E-state index contributed by atoms with van der Waals surface area (Å²) in [5.74, 6) is 0.785. The van der Waals surface area contributed by atoms with Crippen molar-refractivity contribution in [1.82, 2.24) is 15.3 Å². The quantitative estimate of drug-likeness (QED) is 0.407. The fraction of sp³-hybridized carbons (Fsp3) is 0.500. The zero-order valence-electron chi connectivity index (χ0n) is 19.9. The van der Waals surface area contributed by atoms with Crippen LogP contribution in [0.5, 0.6) is 5.75 Å². The zero-order valence-corrected chi connectivity index (χ0v) is 19.9. The van der Waals surface area contributed by atoms with E-state index < -0.39 is 0 Å². The number of likely N-dealkylation sites (N-methyl/N-ethyl adjacent to an activating group) is 2. The van der Waals surface area contributed by atoms with E-state index in [-0.39, 0.29) is 11.9 Å². The zero-order chi connectivity index (χ0) is 22.6. The summed E-state index contributed by atoms with van der Waals surface area (Å²) in [6.45, 7) is 14.9. The first-order valence-corrected chi connectivity index (χ1v) is 11.4. The number of carbonyl (C=O) groups excluding carboxylic acids is 1. The molecule has 0 atom stereocenters. The number of hydrazine groups is 1. The van der Waals surface area contributed by atoms with E-state index in [2.05, 4.69) is 62.1 Å². The predicted octanol–water partition coefficient (Wildman–Crippen LogP) is 4.83. The van der Waals surface area contributed by atoms with Crippen molar-refractivity contribution in [2.75, 3.05) is 32.8 Å². The monoisotopic (exact) mass is 425 g/mol. The molecule has 0 bridgehead atoms. The lowest BCUT2D eigenvalue weighted by Crippen LogP contribution is -2.37. The van der Waals surface area contributed by atoms with Crippen molar-refractivity contribution in [1.29, 1.82) is 0 Å². The molecule has 5 nitrogen and oxygen atoms in total. The second-order valence-electron chi connectivity index (χ2n) is 8.30. The Labute approximate surface area is 188 Å². The lowest BCUT2D eigenvalue weighted by Gasteiger charge is -2.24. The first-order chi connectivity index (χ1) is 14.9. The molecule has 5 heteroatoms. The van der Waals surface area contributed by atoms with Crippen LogP contribution in [-0.4, -0.2) is 54.8 Å². The van der Waals surface area contributed by atoms with Gasteiger partial charge in [-0.1, -0.05) is 43.2 Å². The molecule has 2 rings (SSSR count). The van der Waals surface area contributed by atoms with E-state index in [4.69, 9.17) is 4.74 Å². The molecule has 1 saturated heterocycles. The lowest BCUT2D eigenvalue weighted by atomic mass is 10.1. The molecule has 1 aliphatic heterocycles. The van der Waals surface area contributed by atoms with Crippen LogP contribution in [0.1, 0.15) is 53.0 Å². The number of nitrogens with one attached hydrogen (secondary N) is 1. The number of benzene rings is 1. The maximum Gasteiger partial charge on any atom is 0.244 e. The number of hydrogen-bond acceptors (Lipinski definition) is 4. The highest BCUT2D eigenvalue weighted by Gasteiger charge is 2.28. The van der Waals surface area contributed by atoms with E-state index in [1.165, 1.54) is 11.1 Å². The largest absolute Gasteiger partial charge is 0.490 e. The predicted molar refractivity (Wildman–Crippen MR) is 130 cm³/mol. The standard InChI is InChI=1S/C26H39N3O2/c1-6-28-19-24(20-29(28)7-2)27-26(30)16-13-23-11-14-25(15-12-23)31-18-17-22(5)10-8-9-21(3)4/h9,11-17,24H,6-8,10,18-20H2,1-5H3,(H,27,30)/b16-13?,22-17+. The Hall–Kier alpha value is -2.37. The second-order valence-corrected chi connectivity index (χ2v) is 8.30. The van der Waals surface area contributed by atoms with Crippen molar-refractivity contribution in [2.45, 2.75) is 53.5 Å². The minimum atomic E-state index is -0.0481. The first kappa shape index (κ1) is 24.9. The fourth-order valence-electron chi connectivity index (χ4n) is 3.61. The minimum Gasteiger partial charge on any atom is -0.490 e. The third-order valence-corrected chi connectivity index (χ3v) is 5.42. The van der Waals surface area contributed by atoms with Crippen LogP contribution < -0.4 is 10.1 Å². The van der Waals surface area contributed by atoms with Crippen LogP contribution in [0, 0.1) is 0 Å². The van der Waals surface area contributed by atoms with Gasteiger partial charge in [-0.25, -0.2) is 10.0 Å². The Morgan fingerprint density at radius 2 is 1.71 bits per heavy atom. The molecule has 1 heterocycles. The normalized spacial score (nSPS) is 16.1. The van der Waals surface area contributed by atoms with Crippen LogP contribution in [0.2, 0.25) is 0 Å². The maximum atomic E-state index is 12.3. The van der Waals surface area contributed by atoms with Crippen LogP contribution in [0.25, 0.3) is 6.08 Å². The molecule has 1 aromatic rings. The molecule has 170 valence electrons. The molecule has 31 heavy (non-hydrogen) atoms. The van der Waals surface area contributed by atoms with Crippen molar-refractivity contribution in [2.24, 2.45) is 0 Å². The Morgan fingerprint density at radius 1 is 1.06 bits per heavy atom. The van der Waals surface area contributed by atoms with E-state index in [1.807, 2.05) is 30.3 Å². The molecule has 0 unspecified atom stereocenters. The molecule has 1 N–H and O–H groups in total. The summed E-state index contributed by atoms with van der Waals surface area (Å²) < 4.78 is 5.81. The van der Waals surface area contributed by atoms with E-state index in [0.29, 0.717) is 6.61 Å². The highest BCUT2D eigenvalue weighted by atomic mass is 16.5. The summed E-state index contributed by atoms with van der Waals surface area (Å²) in [6, 6.07) is 8.00. The van der Waals surface area contributed by atoms with Gasteiger partial charge in [-0.05, 0) is 63.5 Å². The van der Waals surface area contributed by atoms with Crippen molar-refractivity contribution in [3.05, 3.63) is 59.2 Å². The molecule has 0 aromatic heterocycles. The minimum absolute atomic E-state index is 0.0481. The number of carbonyl (C=O) groups is 1. The van der Waals surface area contributed by atoms with Crippen LogP contribution in [0.15, 0.2) is 53.6 Å². The maximum absolute atomic E-state index is 12.3. The Kier molecular flexibility index (Phi) is 10.5. The van der Waals surface area contributed by atoms with E-state index in [9.17, 15) is 4.79 Å². The molecule has 1 aromatic carbocycles. The van der Waals surface area contributed by atoms with Gasteiger partial charge in [0.05, 0.1) is 6.04 Å². The topological polar surface area (TPSA) is 44.8 Å². The number of ether oxygens (including phenoxy) is 1. The number of hydrogen-bond donors (Lipinski definition) is 1. The fourth-order valence-corrected chi connectivity index (χ4v) is 3.61. The van der Waals surface area contributed by atoms with Gasteiger partial charge in [-0.2, -0.15) is 0 Å². The molecule has 0 aliphatic carbocycles. The van der Waals surface area contributed by atoms with Gasteiger partial charge < -0.3 is 10.1 Å². The summed E-state index contributed by atoms with van der Waals surface area (Å²) >= 11 is 0. The average Bonchev–Trinajstić information content (AvgIpc) is 3.14. The molecule has 0 radical (unpaired) electrons. The number of rotatable bonds is 11. The summed E-state index contributed by atoms with van der Waals surface area (Å²) in [5, 5.41) is 7.67. The van der Waals surface area contributed by atoms with E-state index >= 15 is 0 Å². The molecule has 1 amide bonds. The van der Waals surface area contributed by atoms with Crippen LogP contribution in [0.3, 0.4) is 0 Å². The highest BCUT2D eigenvalue weighted by molar-refractivity contribution is 5.91. The van der Waals surface area contributed by atoms with Gasteiger partial charge >= 0.3 is 0 Å². The lowest BCUT2D eigenvalue weighted by molar-refractivity contribution is -0.117. The van der Waals surface area contributed by atoms with Gasteiger partial charge in [0, 0.05) is 32.3 Å². The number of amides is 1. The second kappa shape index (κ2) is 13.1. The van der Waals surface area contributed by atoms with Gasteiger partial charge in [-0.15, -0.1) is 0 Å². The Balaban J connectivity index is 1.75. The summed E-state index contributed by atoms with van der Waals surface area (Å²) in [4.78, 5) is 12.3. The smallest absolute Gasteiger partial charge is 0.244 e. The van der Waals surface area contributed by atoms with Gasteiger partial charge in [0.2, 0.25) is 5.91 Å². The van der Waals surface area contributed by atoms with Crippen LogP contribution >= 0.6 is 0 Å². The van der Waals surface area contributed by atoms with E-state index in [0.717, 1.165) is 50.3 Å². The third-order valence-electron chi connectivity index (χ3n) is 5.42. The number of allylic oxidation sites excluding steroid dienone is 3. The SMILES string of the molecule is CCN1CC(NC(=O)C=Cc2ccc(OC/C=C(\C)CCC=C(C)C)cc2)CN1CC. The summed E-state index contributed by atoms with van der Waals surface area (Å²) in [7, 11) is 0. The molecule has 0 spiro atoms. The van der Waals surface area contributed by atoms with Crippen LogP contribution in [0.4, 0.5) is 0 Å². The third kappa shape index (κ3) is 9.11. The van der Waals surface area contributed by atoms with Gasteiger partial charge in [-0.3, -0.25) is 4.79 Å². The molecule has 1 aliphatic rings. The highest BCUT2D eigenvalue weighted by Crippen LogP contribution is 2.14. The van der Waals surface area contributed by atoms with Crippen LogP contribution in [-0.2, 0) is 4.79 Å². The Bertz CT molecular complexity index is 764. The van der Waals surface area contributed by atoms with Gasteiger partial charge in [0.1, 0.15) is 12.4 Å². The van der Waals surface area contributed by atoms with Gasteiger partial charge in [0.25, 0.3) is 0 Å². The van der Waals surface area contributed by atoms with Crippen molar-refractivity contribution in [3.63, 3.8) is 0 Å². The number of nitrogens with zero attached hydrogens (tertiary/aromatic N) is 2. The summed E-state index contributed by atoms with van der Waals surface area (Å²) in [5.41, 5.74) is 3.68. The molecular formula is C26H39N3O2. The summed E-state index contributed by atoms with van der Waals surface area (Å²) in [6.07, 6.45) is 10.00. The first-order valence-electron chi connectivity index (χ1n) is 11.4. The van der Waals surface area contributed by atoms with Gasteiger partial charge in [0.15, 0.2) is 0 Å². The van der Waals surface area contributed by atoms with Crippen molar-refractivity contribution >= 4 is 12.0 Å². The molecule has 1 fully saturated rings. The Morgan fingerprint density at radius 3 is 2.29 bits per heavy atom. The molecule has 0 saturated carbocycles. The molecular weight excluding hydrogens is 386 g/mol.